The summed E-state index contributed by atoms with van der Waals surface area (Å²) < 4.78 is 0. The van der Waals surface area contributed by atoms with Gasteiger partial charge in [-0.2, -0.15) is 15.1 Å². The van der Waals surface area contributed by atoms with Gasteiger partial charge in [-0.1, -0.05) is 25.0 Å². The Labute approximate surface area is 140 Å². The lowest BCUT2D eigenvalue weighted by Gasteiger charge is -2.13. The van der Waals surface area contributed by atoms with Crippen LogP contribution in [0.2, 0.25) is 0 Å². The average Bonchev–Trinajstić information content (AvgIpc) is 3.14. The third-order valence-corrected chi connectivity index (χ3v) is 4.38. The molecule has 1 saturated carbocycles. The van der Waals surface area contributed by atoms with Gasteiger partial charge in [0.1, 0.15) is 6.10 Å². The first-order valence-electron chi connectivity index (χ1n) is 8.16. The van der Waals surface area contributed by atoms with E-state index in [1.807, 2.05) is 36.4 Å². The number of nitrogen functional groups attached to an aromatic ring is 1. The fourth-order valence-electron chi connectivity index (χ4n) is 3.07. The topological polar surface area (TPSA) is 70.3 Å². The molecular weight excluding hydrogens is 302 g/mol. The first-order valence-corrected chi connectivity index (χ1v) is 8.16. The number of anilines is 1. The van der Waals surface area contributed by atoms with E-state index in [2.05, 4.69) is 16.3 Å². The van der Waals surface area contributed by atoms with Crippen molar-refractivity contribution in [1.82, 2.24) is 10.2 Å². The van der Waals surface area contributed by atoms with E-state index in [1.165, 1.54) is 12.8 Å². The average molecular weight is 320 g/mol. The van der Waals surface area contributed by atoms with Gasteiger partial charge in [0.15, 0.2) is 5.75 Å². The molecule has 1 heterocycles. The van der Waals surface area contributed by atoms with Crippen LogP contribution in [0.1, 0.15) is 25.7 Å². The maximum absolute atomic E-state index is 5.94. The van der Waals surface area contributed by atoms with Crippen LogP contribution in [0.5, 0.6) is 5.75 Å². The zero-order valence-electron chi connectivity index (χ0n) is 13.2. The van der Waals surface area contributed by atoms with Crippen molar-refractivity contribution in [1.29, 1.82) is 0 Å². The van der Waals surface area contributed by atoms with Crippen LogP contribution in [0.4, 0.5) is 5.69 Å². The molecule has 0 saturated heterocycles. The van der Waals surface area contributed by atoms with Crippen molar-refractivity contribution in [3.8, 4) is 16.9 Å². The highest BCUT2D eigenvalue weighted by molar-refractivity contribution is 5.92. The van der Waals surface area contributed by atoms with Crippen LogP contribution in [-0.4, -0.2) is 16.3 Å². The number of nitrogens with zero attached hydrogens (tertiary/aromatic N) is 2. The Kier molecular flexibility index (Phi) is 4.01. The highest BCUT2D eigenvalue weighted by Crippen LogP contribution is 2.33. The molecule has 2 N–H and O–H groups in total. The van der Waals surface area contributed by atoms with Crippen LogP contribution in [-0.2, 0) is 4.89 Å². The third kappa shape index (κ3) is 2.90. The largest absolute Gasteiger partial charge is 0.397 e. The number of hydrogen-bond acceptors (Lipinski definition) is 5. The summed E-state index contributed by atoms with van der Waals surface area (Å²) in [6, 6.07) is 14.5. The summed E-state index contributed by atoms with van der Waals surface area (Å²) in [7, 11) is 0. The molecule has 121 valence electrons. The molecule has 1 aliphatic rings. The number of rotatable bonds is 4. The molecule has 0 aliphatic heterocycles. The quantitative estimate of drug-likeness (QED) is 0.582. The summed E-state index contributed by atoms with van der Waals surface area (Å²) in [6.45, 7) is 0. The summed E-state index contributed by atoms with van der Waals surface area (Å²) in [6.07, 6.45) is 6.26. The van der Waals surface area contributed by atoms with Gasteiger partial charge in [0.25, 0.3) is 0 Å². The van der Waals surface area contributed by atoms with E-state index >= 15 is 0 Å². The maximum Gasteiger partial charge on any atom is 0.173 e. The van der Waals surface area contributed by atoms with Crippen LogP contribution >= 0.6 is 0 Å². The molecule has 24 heavy (non-hydrogen) atoms. The van der Waals surface area contributed by atoms with E-state index < -0.39 is 0 Å². The van der Waals surface area contributed by atoms with Gasteiger partial charge in [-0.25, -0.2) is 0 Å². The van der Waals surface area contributed by atoms with Gasteiger partial charge < -0.3 is 10.6 Å². The van der Waals surface area contributed by atoms with Crippen LogP contribution in [0, 0.1) is 6.07 Å². The maximum atomic E-state index is 5.94. The Hall–Kier alpha value is -2.66. The molecule has 0 spiro atoms. The van der Waals surface area contributed by atoms with E-state index in [0.29, 0.717) is 11.4 Å². The lowest BCUT2D eigenvalue weighted by atomic mass is 10.0. The Bertz CT molecular complexity index is 860. The summed E-state index contributed by atoms with van der Waals surface area (Å²) >= 11 is 0. The molecule has 1 aromatic heterocycles. The fraction of sp³-hybridized carbons (Fsp3) is 0.263. The minimum absolute atomic E-state index is 0.185. The Morgan fingerprint density at radius 1 is 1.17 bits per heavy atom. The van der Waals surface area contributed by atoms with Crippen LogP contribution < -0.4 is 10.6 Å². The van der Waals surface area contributed by atoms with Gasteiger partial charge >= 0.3 is 0 Å². The molecule has 5 nitrogen and oxygen atoms in total. The van der Waals surface area contributed by atoms with Gasteiger partial charge in [-0.05, 0) is 48.7 Å². The number of nitrogens with two attached hydrogens (primary N) is 1. The molecule has 0 bridgehead atoms. The third-order valence-electron chi connectivity index (χ3n) is 4.38. The van der Waals surface area contributed by atoms with Crippen LogP contribution in [0.25, 0.3) is 22.0 Å². The molecule has 0 atom stereocenters. The van der Waals surface area contributed by atoms with Gasteiger partial charge in [0.2, 0.25) is 0 Å². The van der Waals surface area contributed by atoms with E-state index in [-0.39, 0.29) is 6.10 Å². The number of benzene rings is 2. The molecular formula is C19H18N3O2. The van der Waals surface area contributed by atoms with E-state index in [4.69, 9.17) is 15.5 Å². The fourth-order valence-corrected chi connectivity index (χ4v) is 3.07. The standard InChI is InChI=1S/C19H18N3O2/c20-17-12-21-22-18-11-13(9-10-16(17)18)15-7-3-4-8-19(15)24-23-14-5-1-2-6-14/h4,7-12,14H,1-2,5-6H2,(H2,20,22). The van der Waals surface area contributed by atoms with Crippen molar-refractivity contribution in [2.24, 2.45) is 0 Å². The lowest BCUT2D eigenvalue weighted by molar-refractivity contribution is -0.242. The van der Waals surface area contributed by atoms with Gasteiger partial charge in [0, 0.05) is 10.9 Å². The predicted octanol–water partition coefficient (Wildman–Crippen LogP) is 3.93. The normalized spacial score (nSPS) is 15.0. The van der Waals surface area contributed by atoms with E-state index in [9.17, 15) is 0 Å². The number of fused-ring (bicyclic) bond motifs is 1. The van der Waals surface area contributed by atoms with Crippen molar-refractivity contribution in [2.45, 2.75) is 31.8 Å². The zero-order chi connectivity index (χ0) is 16.4. The molecule has 5 heteroatoms. The number of aromatic nitrogens is 2. The molecule has 1 aliphatic carbocycles. The second-order valence-corrected chi connectivity index (χ2v) is 6.04. The Morgan fingerprint density at radius 2 is 2.04 bits per heavy atom. The minimum atomic E-state index is 0.185. The first kappa shape index (κ1) is 14.9. The van der Waals surface area contributed by atoms with Gasteiger partial charge in [-0.15, -0.1) is 0 Å². The zero-order valence-corrected chi connectivity index (χ0v) is 13.2. The second-order valence-electron chi connectivity index (χ2n) is 6.04. The van der Waals surface area contributed by atoms with Crippen molar-refractivity contribution in [3.63, 3.8) is 0 Å². The SMILES string of the molecule is Nc1cnnc2cc(-c3c[c]ccc3OOC3CCCC3)ccc12. The molecule has 0 amide bonds. The molecule has 3 aromatic rings. The molecule has 2 aromatic carbocycles. The van der Waals surface area contributed by atoms with E-state index in [0.717, 1.165) is 34.9 Å². The Balaban J connectivity index is 1.66. The van der Waals surface area contributed by atoms with Crippen molar-refractivity contribution in [2.75, 3.05) is 5.73 Å². The predicted molar refractivity (Wildman–Crippen MR) is 92.2 cm³/mol. The molecule has 1 radical (unpaired) electrons. The monoisotopic (exact) mass is 320 g/mol. The lowest BCUT2D eigenvalue weighted by Crippen LogP contribution is -2.10. The molecule has 1 fully saturated rings. The first-order chi connectivity index (χ1) is 11.8. The summed E-state index contributed by atoms with van der Waals surface area (Å²) in [5.74, 6) is 0.678. The van der Waals surface area contributed by atoms with E-state index in [1.54, 1.807) is 6.20 Å². The number of hydrogen-bond donors (Lipinski definition) is 1. The summed E-state index contributed by atoms with van der Waals surface area (Å²) in [5, 5.41) is 8.96. The highest BCUT2D eigenvalue weighted by atomic mass is 17.2. The van der Waals surface area contributed by atoms with Crippen molar-refractivity contribution < 1.29 is 9.78 Å². The molecule has 4 rings (SSSR count). The molecule has 0 unspecified atom stereocenters. The Morgan fingerprint density at radius 3 is 2.92 bits per heavy atom. The minimum Gasteiger partial charge on any atom is -0.397 e. The highest BCUT2D eigenvalue weighted by Gasteiger charge is 2.18. The van der Waals surface area contributed by atoms with Crippen LogP contribution in [0.3, 0.4) is 0 Å². The van der Waals surface area contributed by atoms with Crippen molar-refractivity contribution >= 4 is 16.6 Å². The van der Waals surface area contributed by atoms with Gasteiger partial charge in [-0.3, -0.25) is 0 Å². The van der Waals surface area contributed by atoms with Crippen LogP contribution in [0.15, 0.2) is 42.6 Å². The summed E-state index contributed by atoms with van der Waals surface area (Å²) in [5.41, 5.74) is 9.17. The smallest absolute Gasteiger partial charge is 0.173 e. The summed E-state index contributed by atoms with van der Waals surface area (Å²) in [4.78, 5) is 11.2. The van der Waals surface area contributed by atoms with Crippen molar-refractivity contribution in [3.05, 3.63) is 48.7 Å². The second kappa shape index (κ2) is 6.45. The van der Waals surface area contributed by atoms with Gasteiger partial charge in [0.05, 0.1) is 17.4 Å².